The van der Waals surface area contributed by atoms with Crippen LogP contribution in [-0.2, 0) is 13.1 Å². The quantitative estimate of drug-likeness (QED) is 0.748. The summed E-state index contributed by atoms with van der Waals surface area (Å²) >= 11 is 0. The van der Waals surface area contributed by atoms with E-state index in [0.717, 1.165) is 48.4 Å². The summed E-state index contributed by atoms with van der Waals surface area (Å²) in [5.41, 5.74) is 4.10. The number of piperazine rings is 1. The van der Waals surface area contributed by atoms with E-state index in [1.807, 2.05) is 26.0 Å². The Morgan fingerprint density at radius 1 is 0.750 bits per heavy atom. The third kappa shape index (κ3) is 4.40. The average Bonchev–Trinajstić information content (AvgIpc) is 2.68. The van der Waals surface area contributed by atoms with Crippen LogP contribution in [0.4, 0.5) is 0 Å². The van der Waals surface area contributed by atoms with Crippen molar-refractivity contribution in [3.63, 3.8) is 0 Å². The molecule has 6 heteroatoms. The fourth-order valence-electron chi connectivity index (χ4n) is 3.78. The van der Waals surface area contributed by atoms with Crippen LogP contribution in [0.3, 0.4) is 0 Å². The first-order valence-electron chi connectivity index (χ1n) is 9.41. The number of carbonyl (C=O) groups is 2. The Hall–Kier alpha value is -2.70. The monoisotopic (exact) mass is 382 g/mol. The normalized spacial score (nSPS) is 15.5. The van der Waals surface area contributed by atoms with E-state index >= 15 is 0 Å². The molecule has 1 aliphatic rings. The number of hydrogen-bond donors (Lipinski definition) is 2. The highest BCUT2D eigenvalue weighted by atomic mass is 16.3. The molecule has 0 saturated carbocycles. The molecule has 28 heavy (non-hydrogen) atoms. The highest BCUT2D eigenvalue weighted by molar-refractivity contribution is 5.81. The van der Waals surface area contributed by atoms with Crippen molar-refractivity contribution in [2.24, 2.45) is 0 Å². The summed E-state index contributed by atoms with van der Waals surface area (Å²) < 4.78 is 0. The lowest BCUT2D eigenvalue weighted by Gasteiger charge is -2.35. The molecular weight excluding hydrogens is 356 g/mol. The predicted octanol–water partition coefficient (Wildman–Crippen LogP) is 2.66. The van der Waals surface area contributed by atoms with E-state index in [0.29, 0.717) is 36.8 Å². The molecule has 0 amide bonds. The largest absolute Gasteiger partial charge is 0.507 e. The zero-order valence-corrected chi connectivity index (χ0v) is 16.3. The third-order valence-corrected chi connectivity index (χ3v) is 5.23. The molecule has 2 aromatic rings. The smallest absolute Gasteiger partial charge is 0.153 e. The molecule has 6 nitrogen and oxygen atoms in total. The average molecular weight is 382 g/mol. The molecule has 1 saturated heterocycles. The van der Waals surface area contributed by atoms with Crippen LogP contribution in [0.1, 0.15) is 43.0 Å². The predicted molar refractivity (Wildman–Crippen MR) is 107 cm³/mol. The van der Waals surface area contributed by atoms with Crippen molar-refractivity contribution in [3.8, 4) is 11.5 Å². The van der Waals surface area contributed by atoms with Crippen molar-refractivity contribution in [2.75, 3.05) is 26.2 Å². The van der Waals surface area contributed by atoms with Gasteiger partial charge in [-0.05, 0) is 37.1 Å². The number of phenolic OH excluding ortho intramolecular Hbond substituents is 2. The molecule has 1 aliphatic heterocycles. The van der Waals surface area contributed by atoms with E-state index in [2.05, 4.69) is 9.80 Å². The van der Waals surface area contributed by atoms with Gasteiger partial charge in [0.25, 0.3) is 0 Å². The fraction of sp³-hybridized carbons (Fsp3) is 0.364. The van der Waals surface area contributed by atoms with Crippen LogP contribution in [0.15, 0.2) is 24.3 Å². The van der Waals surface area contributed by atoms with Gasteiger partial charge in [0.2, 0.25) is 0 Å². The van der Waals surface area contributed by atoms with Crippen molar-refractivity contribution in [2.45, 2.75) is 26.9 Å². The van der Waals surface area contributed by atoms with Crippen LogP contribution in [0, 0.1) is 13.8 Å². The summed E-state index contributed by atoms with van der Waals surface area (Å²) in [7, 11) is 0. The number of aryl methyl sites for hydroxylation is 2. The van der Waals surface area contributed by atoms with Gasteiger partial charge in [0.1, 0.15) is 11.5 Å². The lowest BCUT2D eigenvalue weighted by molar-refractivity contribution is 0.110. The van der Waals surface area contributed by atoms with Crippen molar-refractivity contribution in [1.82, 2.24) is 9.80 Å². The Kier molecular flexibility index (Phi) is 6.11. The first-order valence-corrected chi connectivity index (χ1v) is 9.41. The number of benzene rings is 2. The molecule has 0 aromatic heterocycles. The molecule has 2 N–H and O–H groups in total. The van der Waals surface area contributed by atoms with Crippen LogP contribution in [0.2, 0.25) is 0 Å². The molecule has 2 aromatic carbocycles. The van der Waals surface area contributed by atoms with Crippen molar-refractivity contribution < 1.29 is 19.8 Å². The summed E-state index contributed by atoms with van der Waals surface area (Å²) in [5, 5.41) is 20.5. The SMILES string of the molecule is Cc1cc(C=O)c(O)c(CN2CCN(Cc3cc(C)cc(C=O)c3O)CC2)c1. The van der Waals surface area contributed by atoms with Crippen LogP contribution in [-0.4, -0.2) is 58.8 Å². The Morgan fingerprint density at radius 3 is 1.43 bits per heavy atom. The Morgan fingerprint density at radius 2 is 1.11 bits per heavy atom. The maximum absolute atomic E-state index is 11.1. The van der Waals surface area contributed by atoms with Gasteiger partial charge < -0.3 is 10.2 Å². The minimum Gasteiger partial charge on any atom is -0.507 e. The van der Waals surface area contributed by atoms with E-state index in [1.165, 1.54) is 0 Å². The third-order valence-electron chi connectivity index (χ3n) is 5.23. The van der Waals surface area contributed by atoms with Gasteiger partial charge in [0.15, 0.2) is 12.6 Å². The zero-order chi connectivity index (χ0) is 20.3. The highest BCUT2D eigenvalue weighted by Gasteiger charge is 2.20. The van der Waals surface area contributed by atoms with Gasteiger partial charge in [-0.25, -0.2) is 0 Å². The van der Waals surface area contributed by atoms with Crippen molar-refractivity contribution in [3.05, 3.63) is 57.6 Å². The van der Waals surface area contributed by atoms with Gasteiger partial charge in [-0.15, -0.1) is 0 Å². The summed E-state index contributed by atoms with van der Waals surface area (Å²) in [5.74, 6) is 0.128. The number of carbonyl (C=O) groups excluding carboxylic acids is 2. The molecule has 148 valence electrons. The fourth-order valence-corrected chi connectivity index (χ4v) is 3.78. The Balaban J connectivity index is 1.63. The molecule has 1 heterocycles. The first kappa shape index (κ1) is 20.0. The lowest BCUT2D eigenvalue weighted by atomic mass is 10.0. The van der Waals surface area contributed by atoms with Gasteiger partial charge in [0, 0.05) is 50.4 Å². The second kappa shape index (κ2) is 8.54. The van der Waals surface area contributed by atoms with Gasteiger partial charge in [-0.3, -0.25) is 19.4 Å². The summed E-state index contributed by atoms with van der Waals surface area (Å²) in [6.45, 7) is 8.27. The number of nitrogens with zero attached hydrogens (tertiary/aromatic N) is 2. The molecule has 3 rings (SSSR count). The number of hydrogen-bond acceptors (Lipinski definition) is 6. The second-order valence-corrected chi connectivity index (χ2v) is 7.51. The molecule has 0 spiro atoms. The minimum absolute atomic E-state index is 0.0640. The van der Waals surface area contributed by atoms with E-state index in [4.69, 9.17) is 0 Å². The number of aldehydes is 2. The molecular formula is C22H26N2O4. The van der Waals surface area contributed by atoms with E-state index in [1.54, 1.807) is 12.1 Å². The molecule has 0 bridgehead atoms. The highest BCUT2D eigenvalue weighted by Crippen LogP contribution is 2.27. The number of aromatic hydroxyl groups is 2. The Labute approximate surface area is 165 Å². The van der Waals surface area contributed by atoms with Crippen LogP contribution in [0.25, 0.3) is 0 Å². The van der Waals surface area contributed by atoms with Gasteiger partial charge >= 0.3 is 0 Å². The molecule has 0 atom stereocenters. The number of rotatable bonds is 6. The van der Waals surface area contributed by atoms with Gasteiger partial charge in [-0.2, -0.15) is 0 Å². The van der Waals surface area contributed by atoms with Gasteiger partial charge in [0.05, 0.1) is 11.1 Å². The standard InChI is InChI=1S/C22H26N2O4/c1-15-7-17(21(27)19(9-15)13-25)11-23-3-5-24(6-4-23)12-18-8-16(2)10-20(14-26)22(18)28/h7-10,13-14,27-28H,3-6,11-12H2,1-2H3. The van der Waals surface area contributed by atoms with Crippen LogP contribution in [0.5, 0.6) is 11.5 Å². The van der Waals surface area contributed by atoms with E-state index in [-0.39, 0.29) is 11.5 Å². The molecule has 0 unspecified atom stereocenters. The topological polar surface area (TPSA) is 81.1 Å². The molecule has 0 aliphatic carbocycles. The van der Waals surface area contributed by atoms with E-state index < -0.39 is 0 Å². The van der Waals surface area contributed by atoms with Crippen LogP contribution >= 0.6 is 0 Å². The second-order valence-electron chi connectivity index (χ2n) is 7.51. The van der Waals surface area contributed by atoms with Gasteiger partial charge in [-0.1, -0.05) is 12.1 Å². The maximum Gasteiger partial charge on any atom is 0.153 e. The lowest BCUT2D eigenvalue weighted by Crippen LogP contribution is -2.45. The van der Waals surface area contributed by atoms with Crippen molar-refractivity contribution >= 4 is 12.6 Å². The minimum atomic E-state index is 0.0640. The first-order chi connectivity index (χ1) is 13.4. The van der Waals surface area contributed by atoms with E-state index in [9.17, 15) is 19.8 Å². The zero-order valence-electron chi connectivity index (χ0n) is 16.3. The van der Waals surface area contributed by atoms with Crippen LogP contribution < -0.4 is 0 Å². The summed E-state index contributed by atoms with van der Waals surface area (Å²) in [6, 6.07) is 7.21. The number of phenols is 2. The molecule has 1 fully saturated rings. The summed E-state index contributed by atoms with van der Waals surface area (Å²) in [4.78, 5) is 26.7. The summed E-state index contributed by atoms with van der Waals surface area (Å²) in [6.07, 6.45) is 1.37. The Bertz CT molecular complexity index is 813. The maximum atomic E-state index is 11.1. The van der Waals surface area contributed by atoms with Crippen molar-refractivity contribution in [1.29, 1.82) is 0 Å². The molecule has 0 radical (unpaired) electrons.